The number of hydrogen-bond acceptors (Lipinski definition) is 6. The molecule has 1 aliphatic heterocycles. The zero-order valence-electron chi connectivity index (χ0n) is 10.3. The van der Waals surface area contributed by atoms with Crippen molar-refractivity contribution in [2.75, 3.05) is 6.61 Å². The van der Waals surface area contributed by atoms with Crippen LogP contribution in [-0.4, -0.2) is 49.4 Å². The molecule has 1 saturated heterocycles. The van der Waals surface area contributed by atoms with E-state index in [1.807, 2.05) is 4.98 Å². The predicted octanol–water partition coefficient (Wildman–Crippen LogP) is -1.76. The Morgan fingerprint density at radius 1 is 1.48 bits per heavy atom. The number of ether oxygens (including phenoxy) is 1. The van der Waals surface area contributed by atoms with Crippen molar-refractivity contribution in [2.24, 2.45) is 0 Å². The van der Waals surface area contributed by atoms with Gasteiger partial charge in [0.2, 0.25) is 0 Å². The zero-order valence-corrected chi connectivity index (χ0v) is 11.2. The van der Waals surface area contributed by atoms with Crippen LogP contribution >= 0.6 is 7.82 Å². The monoisotopic (exact) mass is 326 g/mol. The van der Waals surface area contributed by atoms with Gasteiger partial charge in [-0.15, -0.1) is 0 Å². The van der Waals surface area contributed by atoms with Crippen LogP contribution in [0.4, 0.5) is 4.39 Å². The van der Waals surface area contributed by atoms with Gasteiger partial charge in [0.1, 0.15) is 12.2 Å². The van der Waals surface area contributed by atoms with Crippen molar-refractivity contribution in [3.8, 4) is 0 Å². The SMILES string of the molecule is O=c1ccn([C@H]2O[C@@H](CO)C(OP(=O)(O)O)C2F)c(=O)[nH]1. The molecule has 10 nitrogen and oxygen atoms in total. The molecule has 1 aliphatic rings. The normalized spacial score (nSPS) is 29.7. The number of rotatable bonds is 4. The first-order valence-corrected chi connectivity index (χ1v) is 7.22. The van der Waals surface area contributed by atoms with Crippen molar-refractivity contribution in [1.82, 2.24) is 9.55 Å². The van der Waals surface area contributed by atoms with Gasteiger partial charge in [0.05, 0.1) is 6.61 Å². The number of phosphoric acid groups is 1. The third-order valence-electron chi connectivity index (χ3n) is 2.83. The number of aliphatic hydroxyl groups is 1. The summed E-state index contributed by atoms with van der Waals surface area (Å²) in [6, 6.07) is 0.947. The third kappa shape index (κ3) is 3.46. The minimum absolute atomic E-state index is 0.692. The fraction of sp³-hybridized carbons (Fsp3) is 0.556. The van der Waals surface area contributed by atoms with Gasteiger partial charge in [-0.05, 0) is 0 Å². The molecule has 0 aliphatic carbocycles. The van der Waals surface area contributed by atoms with Crippen molar-refractivity contribution >= 4 is 7.82 Å². The van der Waals surface area contributed by atoms with E-state index in [0.29, 0.717) is 4.57 Å². The maximum Gasteiger partial charge on any atom is 0.470 e. The van der Waals surface area contributed by atoms with E-state index in [1.54, 1.807) is 0 Å². The second-order valence-electron chi connectivity index (χ2n) is 4.27. The number of H-pyrrole nitrogens is 1. The lowest BCUT2D eigenvalue weighted by molar-refractivity contribution is -0.0487. The number of alkyl halides is 1. The number of nitrogens with zero attached hydrogens (tertiary/aromatic N) is 1. The molecule has 0 bridgehead atoms. The van der Waals surface area contributed by atoms with E-state index in [1.165, 1.54) is 0 Å². The van der Waals surface area contributed by atoms with Crippen LogP contribution in [-0.2, 0) is 13.8 Å². The first-order chi connectivity index (χ1) is 9.73. The highest BCUT2D eigenvalue weighted by atomic mass is 31.2. The summed E-state index contributed by atoms with van der Waals surface area (Å²) in [7, 11) is -5.02. The lowest BCUT2D eigenvalue weighted by atomic mass is 10.1. The molecule has 4 atom stereocenters. The molecule has 4 N–H and O–H groups in total. The first-order valence-electron chi connectivity index (χ1n) is 5.69. The molecular formula is C9H12FN2O8P. The first kappa shape index (κ1) is 16.0. The Labute approximate surface area is 116 Å². The number of aliphatic hydroxyl groups excluding tert-OH is 1. The van der Waals surface area contributed by atoms with E-state index in [-0.39, 0.29) is 0 Å². The average molecular weight is 326 g/mol. The molecule has 2 unspecified atom stereocenters. The average Bonchev–Trinajstić information content (AvgIpc) is 2.65. The summed E-state index contributed by atoms with van der Waals surface area (Å²) >= 11 is 0. The summed E-state index contributed by atoms with van der Waals surface area (Å²) in [5.41, 5.74) is -1.67. The van der Waals surface area contributed by atoms with Gasteiger partial charge in [0.25, 0.3) is 5.56 Å². The number of aromatic nitrogens is 2. The Morgan fingerprint density at radius 3 is 2.67 bits per heavy atom. The van der Waals surface area contributed by atoms with E-state index in [2.05, 4.69) is 4.52 Å². The van der Waals surface area contributed by atoms with E-state index in [9.17, 15) is 18.5 Å². The van der Waals surface area contributed by atoms with Crippen LogP contribution in [0.3, 0.4) is 0 Å². The quantitative estimate of drug-likeness (QED) is 0.475. The van der Waals surface area contributed by atoms with E-state index >= 15 is 0 Å². The summed E-state index contributed by atoms with van der Waals surface area (Å²) < 4.78 is 35.0. The van der Waals surface area contributed by atoms with Crippen molar-refractivity contribution in [2.45, 2.75) is 24.6 Å². The van der Waals surface area contributed by atoms with Gasteiger partial charge in [0, 0.05) is 12.3 Å². The standard InChI is InChI=1S/C9H12FN2O8P/c10-6-7(20-21(16,17)18)4(3-13)19-8(6)12-2-1-5(14)11-9(12)15/h1-2,4,6-8,13H,3H2,(H,11,14,15)(H2,16,17,18)/t4-,6?,7?,8-/m0/s1. The molecule has 2 heterocycles. The smallest absolute Gasteiger partial charge is 0.394 e. The van der Waals surface area contributed by atoms with Gasteiger partial charge in [-0.2, -0.15) is 0 Å². The topological polar surface area (TPSA) is 151 Å². The van der Waals surface area contributed by atoms with E-state index < -0.39 is 50.3 Å². The van der Waals surface area contributed by atoms with E-state index in [0.717, 1.165) is 12.3 Å². The second kappa shape index (κ2) is 5.79. The van der Waals surface area contributed by atoms with Gasteiger partial charge in [-0.3, -0.25) is 18.9 Å². The van der Waals surface area contributed by atoms with Gasteiger partial charge < -0.3 is 19.6 Å². The largest absolute Gasteiger partial charge is 0.470 e. The van der Waals surface area contributed by atoms with Crippen molar-refractivity contribution in [3.63, 3.8) is 0 Å². The Hall–Kier alpha value is -1.36. The number of halogens is 1. The van der Waals surface area contributed by atoms with Gasteiger partial charge in [-0.1, -0.05) is 0 Å². The lowest BCUT2D eigenvalue weighted by Gasteiger charge is -2.18. The van der Waals surface area contributed by atoms with Crippen LogP contribution in [0.25, 0.3) is 0 Å². The Kier molecular flexibility index (Phi) is 4.42. The maximum absolute atomic E-state index is 14.2. The highest BCUT2D eigenvalue weighted by Gasteiger charge is 2.49. The lowest BCUT2D eigenvalue weighted by Crippen LogP contribution is -2.36. The fourth-order valence-corrected chi connectivity index (χ4v) is 2.55. The van der Waals surface area contributed by atoms with Crippen LogP contribution in [0.1, 0.15) is 6.23 Å². The maximum atomic E-state index is 14.2. The van der Waals surface area contributed by atoms with E-state index in [4.69, 9.17) is 19.6 Å². The van der Waals surface area contributed by atoms with Crippen LogP contribution in [0, 0.1) is 0 Å². The fourth-order valence-electron chi connectivity index (χ4n) is 1.98. The molecule has 12 heteroatoms. The second-order valence-corrected chi connectivity index (χ2v) is 5.46. The highest BCUT2D eigenvalue weighted by molar-refractivity contribution is 7.46. The molecule has 1 aromatic rings. The number of phosphoric ester groups is 1. The molecule has 21 heavy (non-hydrogen) atoms. The molecule has 0 spiro atoms. The molecule has 0 saturated carbocycles. The Bertz CT molecular complexity index is 668. The summed E-state index contributed by atoms with van der Waals surface area (Å²) in [4.78, 5) is 41.8. The van der Waals surface area contributed by atoms with Crippen LogP contribution in [0.15, 0.2) is 21.9 Å². The molecule has 118 valence electrons. The highest BCUT2D eigenvalue weighted by Crippen LogP contribution is 2.44. The summed E-state index contributed by atoms with van der Waals surface area (Å²) in [6.45, 7) is -0.778. The summed E-state index contributed by atoms with van der Waals surface area (Å²) in [6.07, 6.45) is -5.91. The number of aromatic amines is 1. The summed E-state index contributed by atoms with van der Waals surface area (Å²) in [5, 5.41) is 9.06. The van der Waals surface area contributed by atoms with Crippen molar-refractivity contribution in [1.29, 1.82) is 0 Å². The third-order valence-corrected chi connectivity index (χ3v) is 3.35. The Morgan fingerprint density at radius 2 is 2.14 bits per heavy atom. The van der Waals surface area contributed by atoms with Crippen molar-refractivity contribution < 1.29 is 33.1 Å². The number of hydrogen-bond donors (Lipinski definition) is 4. The molecular weight excluding hydrogens is 314 g/mol. The van der Waals surface area contributed by atoms with Gasteiger partial charge >= 0.3 is 13.5 Å². The molecule has 0 aromatic carbocycles. The molecule has 1 fully saturated rings. The predicted molar refractivity (Wildman–Crippen MR) is 64.1 cm³/mol. The van der Waals surface area contributed by atoms with Crippen LogP contribution in [0.5, 0.6) is 0 Å². The van der Waals surface area contributed by atoms with Crippen LogP contribution in [0.2, 0.25) is 0 Å². The molecule has 0 amide bonds. The molecule has 2 rings (SSSR count). The van der Waals surface area contributed by atoms with Gasteiger partial charge in [0.15, 0.2) is 12.4 Å². The summed E-state index contributed by atoms with van der Waals surface area (Å²) in [5.74, 6) is 0. The van der Waals surface area contributed by atoms with Crippen molar-refractivity contribution in [3.05, 3.63) is 33.1 Å². The molecule has 1 aromatic heterocycles. The van der Waals surface area contributed by atoms with Gasteiger partial charge in [-0.25, -0.2) is 13.8 Å². The minimum Gasteiger partial charge on any atom is -0.394 e. The minimum atomic E-state index is -5.02. The number of nitrogens with one attached hydrogen (secondary N) is 1. The molecule has 0 radical (unpaired) electrons. The Balaban J connectivity index is 2.33. The van der Waals surface area contributed by atoms with Crippen LogP contribution < -0.4 is 11.2 Å². The zero-order chi connectivity index (χ0) is 15.8.